The standard InChI is InChI=1S/C14H18ClN3O2/c1-18(10-6-7-16-8-10)9-13(19)17-14(20)11-4-2-3-5-12(11)15/h2-5,10,16H,6-9H2,1H3,(H,17,19,20). The quantitative estimate of drug-likeness (QED) is 0.866. The first kappa shape index (κ1) is 15.0. The molecule has 0 bridgehead atoms. The zero-order valence-corrected chi connectivity index (χ0v) is 12.1. The van der Waals surface area contributed by atoms with Gasteiger partial charge in [-0.15, -0.1) is 0 Å². The van der Waals surface area contributed by atoms with Gasteiger partial charge in [-0.3, -0.25) is 19.8 Å². The lowest BCUT2D eigenvalue weighted by Gasteiger charge is -2.22. The van der Waals surface area contributed by atoms with Crippen molar-refractivity contribution in [3.05, 3.63) is 34.9 Å². The van der Waals surface area contributed by atoms with Gasteiger partial charge in [-0.25, -0.2) is 0 Å². The van der Waals surface area contributed by atoms with Crippen LogP contribution < -0.4 is 10.6 Å². The molecule has 1 aromatic rings. The SMILES string of the molecule is CN(CC(=O)NC(=O)c1ccccc1Cl)C1CCNC1. The van der Waals surface area contributed by atoms with Gasteiger partial charge in [0.2, 0.25) is 5.91 Å². The molecule has 0 radical (unpaired) electrons. The Hall–Kier alpha value is -1.43. The highest BCUT2D eigenvalue weighted by atomic mass is 35.5. The summed E-state index contributed by atoms with van der Waals surface area (Å²) < 4.78 is 0. The van der Waals surface area contributed by atoms with Crippen LogP contribution >= 0.6 is 11.6 Å². The molecule has 108 valence electrons. The molecule has 1 atom stereocenters. The van der Waals surface area contributed by atoms with Gasteiger partial charge < -0.3 is 5.32 Å². The fraction of sp³-hybridized carbons (Fsp3) is 0.429. The lowest BCUT2D eigenvalue weighted by Crippen LogP contribution is -2.43. The Bertz CT molecular complexity index is 501. The third-order valence-corrected chi connectivity index (χ3v) is 3.75. The summed E-state index contributed by atoms with van der Waals surface area (Å²) in [5.74, 6) is -0.775. The van der Waals surface area contributed by atoms with Crippen LogP contribution in [-0.2, 0) is 4.79 Å². The highest BCUT2D eigenvalue weighted by Crippen LogP contribution is 2.14. The van der Waals surface area contributed by atoms with Crippen LogP contribution in [0.3, 0.4) is 0 Å². The third-order valence-electron chi connectivity index (χ3n) is 3.42. The van der Waals surface area contributed by atoms with Gasteiger partial charge in [0.25, 0.3) is 5.91 Å². The number of halogens is 1. The lowest BCUT2D eigenvalue weighted by molar-refractivity contribution is -0.121. The summed E-state index contributed by atoms with van der Waals surface area (Å²) in [6.07, 6.45) is 1.02. The van der Waals surface area contributed by atoms with Crippen molar-refractivity contribution >= 4 is 23.4 Å². The monoisotopic (exact) mass is 295 g/mol. The smallest absolute Gasteiger partial charge is 0.259 e. The molecule has 0 spiro atoms. The highest BCUT2D eigenvalue weighted by Gasteiger charge is 2.22. The van der Waals surface area contributed by atoms with E-state index in [-0.39, 0.29) is 12.5 Å². The van der Waals surface area contributed by atoms with E-state index in [1.54, 1.807) is 24.3 Å². The fourth-order valence-corrected chi connectivity index (χ4v) is 2.47. The maximum Gasteiger partial charge on any atom is 0.259 e. The molecule has 5 nitrogen and oxygen atoms in total. The van der Waals surface area contributed by atoms with E-state index in [9.17, 15) is 9.59 Å². The van der Waals surface area contributed by atoms with Crippen LogP contribution in [0.2, 0.25) is 5.02 Å². The van der Waals surface area contributed by atoms with Gasteiger partial charge in [-0.1, -0.05) is 23.7 Å². The Balaban J connectivity index is 1.88. The van der Waals surface area contributed by atoms with E-state index in [4.69, 9.17) is 11.6 Å². The first-order valence-corrected chi connectivity index (χ1v) is 6.95. The minimum absolute atomic E-state index is 0.197. The van der Waals surface area contributed by atoms with E-state index in [1.807, 2.05) is 11.9 Å². The van der Waals surface area contributed by atoms with Gasteiger partial charge in [0.15, 0.2) is 0 Å². The maximum atomic E-state index is 11.9. The lowest BCUT2D eigenvalue weighted by atomic mass is 10.2. The number of carbonyl (C=O) groups excluding carboxylic acids is 2. The molecule has 20 heavy (non-hydrogen) atoms. The molecule has 6 heteroatoms. The molecular weight excluding hydrogens is 278 g/mol. The summed E-state index contributed by atoms with van der Waals surface area (Å²) in [4.78, 5) is 25.8. The molecule has 0 aromatic heterocycles. The van der Waals surface area contributed by atoms with Crippen LogP contribution in [0.4, 0.5) is 0 Å². The number of amides is 2. The van der Waals surface area contributed by atoms with Crippen LogP contribution in [0.1, 0.15) is 16.8 Å². The molecule has 1 aliphatic rings. The Labute approximate surface area is 123 Å². The normalized spacial score (nSPS) is 18.2. The van der Waals surface area contributed by atoms with Gasteiger partial charge >= 0.3 is 0 Å². The molecular formula is C14H18ClN3O2. The van der Waals surface area contributed by atoms with Crippen molar-refractivity contribution < 1.29 is 9.59 Å². The Morgan fingerprint density at radius 2 is 2.20 bits per heavy atom. The van der Waals surface area contributed by atoms with Crippen LogP contribution in [0.15, 0.2) is 24.3 Å². The van der Waals surface area contributed by atoms with Crippen molar-refractivity contribution in [1.29, 1.82) is 0 Å². The van der Waals surface area contributed by atoms with Gasteiger partial charge in [0.05, 0.1) is 17.1 Å². The van der Waals surface area contributed by atoms with Crippen molar-refractivity contribution in [2.45, 2.75) is 12.5 Å². The minimum Gasteiger partial charge on any atom is -0.315 e. The number of hydrogen-bond acceptors (Lipinski definition) is 4. The van der Waals surface area contributed by atoms with E-state index < -0.39 is 5.91 Å². The third kappa shape index (κ3) is 3.79. The Kier molecular flexibility index (Phi) is 5.11. The molecule has 1 heterocycles. The van der Waals surface area contributed by atoms with Crippen LogP contribution in [-0.4, -0.2) is 49.4 Å². The number of carbonyl (C=O) groups is 2. The number of likely N-dealkylation sites (N-methyl/N-ethyl adjacent to an activating group) is 1. The Morgan fingerprint density at radius 1 is 1.45 bits per heavy atom. The summed E-state index contributed by atoms with van der Waals surface area (Å²) >= 11 is 5.92. The van der Waals surface area contributed by atoms with Gasteiger partial charge in [-0.2, -0.15) is 0 Å². The van der Waals surface area contributed by atoms with Crippen molar-refractivity contribution in [2.24, 2.45) is 0 Å². The van der Waals surface area contributed by atoms with Crippen molar-refractivity contribution in [1.82, 2.24) is 15.5 Å². The fourth-order valence-electron chi connectivity index (χ4n) is 2.25. The number of benzene rings is 1. The minimum atomic E-state index is -0.460. The summed E-state index contributed by atoms with van der Waals surface area (Å²) in [6, 6.07) is 7.01. The van der Waals surface area contributed by atoms with Crippen LogP contribution in [0.5, 0.6) is 0 Å². The summed E-state index contributed by atoms with van der Waals surface area (Å²) in [7, 11) is 1.89. The maximum absolute atomic E-state index is 11.9. The van der Waals surface area contributed by atoms with Crippen molar-refractivity contribution in [2.75, 3.05) is 26.7 Å². The highest BCUT2D eigenvalue weighted by molar-refractivity contribution is 6.34. The van der Waals surface area contributed by atoms with Gasteiger partial charge in [-0.05, 0) is 32.1 Å². The second-order valence-electron chi connectivity index (χ2n) is 4.92. The molecule has 1 unspecified atom stereocenters. The summed E-state index contributed by atoms with van der Waals surface area (Å²) in [6.45, 7) is 2.04. The van der Waals surface area contributed by atoms with Gasteiger partial charge in [0.1, 0.15) is 0 Å². The topological polar surface area (TPSA) is 61.4 Å². The zero-order valence-electron chi connectivity index (χ0n) is 11.4. The average molecular weight is 296 g/mol. The molecule has 2 amide bonds. The molecule has 1 saturated heterocycles. The molecule has 1 fully saturated rings. The van der Waals surface area contributed by atoms with E-state index >= 15 is 0 Å². The largest absolute Gasteiger partial charge is 0.315 e. The van der Waals surface area contributed by atoms with E-state index in [2.05, 4.69) is 10.6 Å². The first-order chi connectivity index (χ1) is 9.58. The van der Waals surface area contributed by atoms with Crippen molar-refractivity contribution in [3.63, 3.8) is 0 Å². The number of imide groups is 1. The summed E-state index contributed by atoms with van der Waals surface area (Å²) in [5.41, 5.74) is 0.313. The predicted octanol–water partition coefficient (Wildman–Crippen LogP) is 0.890. The van der Waals surface area contributed by atoms with Crippen molar-refractivity contribution in [3.8, 4) is 0 Å². The predicted molar refractivity (Wildman–Crippen MR) is 77.8 cm³/mol. The second kappa shape index (κ2) is 6.83. The van der Waals surface area contributed by atoms with E-state index in [0.717, 1.165) is 19.5 Å². The molecule has 2 N–H and O–H groups in total. The van der Waals surface area contributed by atoms with Crippen LogP contribution in [0.25, 0.3) is 0 Å². The molecule has 0 saturated carbocycles. The second-order valence-corrected chi connectivity index (χ2v) is 5.33. The average Bonchev–Trinajstić information content (AvgIpc) is 2.92. The van der Waals surface area contributed by atoms with Crippen LogP contribution in [0, 0.1) is 0 Å². The first-order valence-electron chi connectivity index (χ1n) is 6.57. The number of nitrogens with zero attached hydrogens (tertiary/aromatic N) is 1. The van der Waals surface area contributed by atoms with Gasteiger partial charge in [0, 0.05) is 12.6 Å². The summed E-state index contributed by atoms with van der Waals surface area (Å²) in [5, 5.41) is 5.95. The molecule has 0 aliphatic carbocycles. The number of rotatable bonds is 4. The number of nitrogens with one attached hydrogen (secondary N) is 2. The molecule has 1 aliphatic heterocycles. The zero-order chi connectivity index (χ0) is 14.5. The number of hydrogen-bond donors (Lipinski definition) is 2. The van der Waals surface area contributed by atoms with E-state index in [1.165, 1.54) is 0 Å². The molecule has 1 aromatic carbocycles. The molecule has 2 rings (SSSR count). The Morgan fingerprint density at radius 3 is 2.85 bits per heavy atom. The van der Waals surface area contributed by atoms with E-state index in [0.29, 0.717) is 16.6 Å².